The van der Waals surface area contributed by atoms with Gasteiger partial charge in [0.15, 0.2) is 0 Å². The third kappa shape index (κ3) is 3.00. The van der Waals surface area contributed by atoms with Crippen LogP contribution in [0.5, 0.6) is 0 Å². The van der Waals surface area contributed by atoms with Crippen LogP contribution in [0.3, 0.4) is 0 Å². The maximum atomic E-state index is 12.5. The summed E-state index contributed by atoms with van der Waals surface area (Å²) in [5, 5.41) is 18.2. The van der Waals surface area contributed by atoms with Gasteiger partial charge in [0, 0.05) is 19.3 Å². The molecule has 1 unspecified atom stereocenters. The summed E-state index contributed by atoms with van der Waals surface area (Å²) in [6.07, 6.45) is 1.56. The Balaban J connectivity index is 2.30. The molecule has 1 aliphatic heterocycles. The van der Waals surface area contributed by atoms with Crippen LogP contribution in [0.25, 0.3) is 0 Å². The highest BCUT2D eigenvalue weighted by atomic mass is 16.4. The summed E-state index contributed by atoms with van der Waals surface area (Å²) in [5.74, 6) is -0.965. The molecule has 1 heterocycles. The lowest BCUT2D eigenvalue weighted by atomic mass is 9.99. The molecule has 2 amide bonds. The molecule has 6 nitrogen and oxygen atoms in total. The average molecular weight is 292 g/mol. The molecule has 2 rings (SSSR count). The number of urea groups is 1. The number of amides is 2. The topological polar surface area (TPSA) is 81.1 Å². The number of likely N-dealkylation sites (N-methyl/N-ethyl adjacent to an activating group) is 1. The fourth-order valence-electron chi connectivity index (χ4n) is 2.43. The van der Waals surface area contributed by atoms with E-state index in [-0.39, 0.29) is 24.2 Å². The number of hydrogen-bond donors (Lipinski definition) is 2. The van der Waals surface area contributed by atoms with Crippen LogP contribution in [0.1, 0.15) is 29.3 Å². The Kier molecular flexibility index (Phi) is 4.47. The van der Waals surface area contributed by atoms with E-state index in [4.69, 9.17) is 10.2 Å². The number of aliphatic hydroxyl groups is 1. The zero-order valence-electron chi connectivity index (χ0n) is 12.2. The van der Waals surface area contributed by atoms with Gasteiger partial charge in [0.05, 0.1) is 18.2 Å². The van der Waals surface area contributed by atoms with Crippen molar-refractivity contribution in [3.05, 3.63) is 29.3 Å². The van der Waals surface area contributed by atoms with Crippen LogP contribution in [-0.2, 0) is 6.42 Å². The fraction of sp³-hybridized carbons (Fsp3) is 0.467. The summed E-state index contributed by atoms with van der Waals surface area (Å²) in [5.41, 5.74) is 1.87. The van der Waals surface area contributed by atoms with Crippen molar-refractivity contribution in [2.75, 3.05) is 25.1 Å². The third-order valence-electron chi connectivity index (χ3n) is 3.90. The number of fused-ring (bicyclic) bond motifs is 1. The number of aromatic carboxylic acids is 1. The van der Waals surface area contributed by atoms with Crippen LogP contribution >= 0.6 is 0 Å². The highest BCUT2D eigenvalue weighted by Gasteiger charge is 2.27. The van der Waals surface area contributed by atoms with Gasteiger partial charge in [-0.3, -0.25) is 4.90 Å². The van der Waals surface area contributed by atoms with E-state index in [0.717, 1.165) is 24.1 Å². The summed E-state index contributed by atoms with van der Waals surface area (Å²) < 4.78 is 0. The fourth-order valence-corrected chi connectivity index (χ4v) is 2.43. The molecule has 1 atom stereocenters. The van der Waals surface area contributed by atoms with E-state index in [0.29, 0.717) is 6.54 Å². The Hall–Kier alpha value is -2.08. The number of rotatable bonds is 3. The highest BCUT2D eigenvalue weighted by Crippen LogP contribution is 2.29. The summed E-state index contributed by atoms with van der Waals surface area (Å²) in [7, 11) is 1.66. The Bertz CT molecular complexity index is 559. The van der Waals surface area contributed by atoms with Gasteiger partial charge in [-0.2, -0.15) is 0 Å². The van der Waals surface area contributed by atoms with Crippen molar-refractivity contribution < 1.29 is 19.8 Å². The van der Waals surface area contributed by atoms with Crippen molar-refractivity contribution in [3.63, 3.8) is 0 Å². The molecule has 0 radical (unpaired) electrons. The summed E-state index contributed by atoms with van der Waals surface area (Å²) >= 11 is 0. The molecule has 0 bridgehead atoms. The van der Waals surface area contributed by atoms with Gasteiger partial charge in [-0.05, 0) is 43.5 Å². The van der Waals surface area contributed by atoms with Crippen LogP contribution in [0.2, 0.25) is 0 Å². The lowest BCUT2D eigenvalue weighted by molar-refractivity contribution is 0.0696. The number of nitrogens with zero attached hydrogens (tertiary/aromatic N) is 2. The van der Waals surface area contributed by atoms with E-state index in [9.17, 15) is 9.59 Å². The lowest BCUT2D eigenvalue weighted by Crippen LogP contribution is -2.48. The molecule has 21 heavy (non-hydrogen) atoms. The van der Waals surface area contributed by atoms with Gasteiger partial charge in [-0.1, -0.05) is 0 Å². The van der Waals surface area contributed by atoms with E-state index in [2.05, 4.69) is 0 Å². The quantitative estimate of drug-likeness (QED) is 0.886. The molecule has 1 aliphatic rings. The van der Waals surface area contributed by atoms with Crippen molar-refractivity contribution in [1.29, 1.82) is 0 Å². The first-order valence-corrected chi connectivity index (χ1v) is 6.97. The molecular weight excluding hydrogens is 272 g/mol. The number of aliphatic hydroxyl groups excluding tert-OH is 1. The summed E-state index contributed by atoms with van der Waals surface area (Å²) in [6, 6.07) is 4.39. The zero-order valence-corrected chi connectivity index (χ0v) is 12.2. The normalized spacial score (nSPS) is 15.3. The number of carbonyl (C=O) groups is 2. The molecule has 2 N–H and O–H groups in total. The Morgan fingerprint density at radius 1 is 1.43 bits per heavy atom. The predicted octanol–water partition coefficient (Wildman–Crippen LogP) is 1.57. The van der Waals surface area contributed by atoms with Crippen LogP contribution < -0.4 is 4.90 Å². The Morgan fingerprint density at radius 2 is 2.14 bits per heavy atom. The first-order valence-electron chi connectivity index (χ1n) is 6.97. The number of carboxylic acids is 1. The Morgan fingerprint density at radius 3 is 2.76 bits per heavy atom. The van der Waals surface area contributed by atoms with Gasteiger partial charge >= 0.3 is 12.0 Å². The molecule has 0 aromatic heterocycles. The van der Waals surface area contributed by atoms with Crippen LogP contribution in [0.15, 0.2) is 18.2 Å². The Labute approximate surface area is 123 Å². The second kappa shape index (κ2) is 6.13. The molecule has 0 saturated heterocycles. The molecule has 0 fully saturated rings. The van der Waals surface area contributed by atoms with Crippen molar-refractivity contribution in [3.8, 4) is 0 Å². The minimum Gasteiger partial charge on any atom is -0.478 e. The maximum absolute atomic E-state index is 12.5. The largest absolute Gasteiger partial charge is 0.478 e. The van der Waals surface area contributed by atoms with Crippen molar-refractivity contribution in [2.24, 2.45) is 0 Å². The number of aryl methyl sites for hydroxylation is 1. The molecule has 0 aliphatic carbocycles. The predicted molar refractivity (Wildman–Crippen MR) is 78.8 cm³/mol. The van der Waals surface area contributed by atoms with Crippen molar-refractivity contribution >= 4 is 17.7 Å². The number of carboxylic acid groups (broad SMARTS) is 1. The van der Waals surface area contributed by atoms with E-state index in [1.165, 1.54) is 11.0 Å². The number of hydrogen-bond acceptors (Lipinski definition) is 3. The van der Waals surface area contributed by atoms with E-state index in [1.807, 2.05) is 0 Å². The first kappa shape index (κ1) is 15.3. The molecular formula is C15H20N2O4. The number of carbonyl (C=O) groups excluding carboxylic acids is 1. The van der Waals surface area contributed by atoms with Crippen molar-refractivity contribution in [2.45, 2.75) is 25.8 Å². The number of benzene rings is 1. The lowest BCUT2D eigenvalue weighted by Gasteiger charge is -2.34. The first-order chi connectivity index (χ1) is 9.95. The molecule has 6 heteroatoms. The standard InChI is InChI=1S/C15H20N2O4/c1-10(9-18)16(2)15(21)17-7-3-4-11-8-12(14(19)20)5-6-13(11)17/h5-6,8,10,18H,3-4,7,9H2,1-2H3,(H,19,20). The maximum Gasteiger partial charge on any atom is 0.335 e. The van der Waals surface area contributed by atoms with Crippen LogP contribution in [-0.4, -0.2) is 53.4 Å². The average Bonchev–Trinajstić information content (AvgIpc) is 2.51. The highest BCUT2D eigenvalue weighted by molar-refractivity contribution is 5.95. The molecule has 1 aromatic carbocycles. The molecule has 1 aromatic rings. The van der Waals surface area contributed by atoms with Crippen LogP contribution in [0, 0.1) is 0 Å². The monoisotopic (exact) mass is 292 g/mol. The molecule has 0 spiro atoms. The van der Waals surface area contributed by atoms with Gasteiger partial charge in [0.2, 0.25) is 0 Å². The van der Waals surface area contributed by atoms with Gasteiger partial charge < -0.3 is 15.1 Å². The van der Waals surface area contributed by atoms with Gasteiger partial charge in [-0.15, -0.1) is 0 Å². The minimum atomic E-state index is -0.965. The van der Waals surface area contributed by atoms with E-state index < -0.39 is 5.97 Å². The third-order valence-corrected chi connectivity index (χ3v) is 3.90. The van der Waals surface area contributed by atoms with Gasteiger partial charge in [-0.25, -0.2) is 9.59 Å². The van der Waals surface area contributed by atoms with E-state index in [1.54, 1.807) is 31.0 Å². The molecule has 114 valence electrons. The minimum absolute atomic E-state index is 0.0963. The smallest absolute Gasteiger partial charge is 0.335 e. The zero-order chi connectivity index (χ0) is 15.6. The number of anilines is 1. The van der Waals surface area contributed by atoms with Crippen LogP contribution in [0.4, 0.5) is 10.5 Å². The molecule has 0 saturated carbocycles. The van der Waals surface area contributed by atoms with E-state index >= 15 is 0 Å². The second-order valence-electron chi connectivity index (χ2n) is 5.33. The van der Waals surface area contributed by atoms with Crippen molar-refractivity contribution in [1.82, 2.24) is 4.90 Å². The van der Waals surface area contributed by atoms with Gasteiger partial charge in [0.25, 0.3) is 0 Å². The second-order valence-corrected chi connectivity index (χ2v) is 5.33. The summed E-state index contributed by atoms with van der Waals surface area (Å²) in [4.78, 5) is 26.7. The summed E-state index contributed by atoms with van der Waals surface area (Å²) in [6.45, 7) is 2.28. The SMILES string of the molecule is CC(CO)N(C)C(=O)N1CCCc2cc(C(=O)O)ccc21. The van der Waals surface area contributed by atoms with Gasteiger partial charge in [0.1, 0.15) is 0 Å².